The average molecular weight is 512 g/mol. The number of carbonyl (C=O) groups excluding carboxylic acids is 2. The molecule has 0 aliphatic heterocycles. The number of benzene rings is 2. The number of nitrogens with one attached hydrogen (secondary N) is 1. The Morgan fingerprint density at radius 3 is 2.28 bits per heavy atom. The molecule has 7 heteroatoms. The van der Waals surface area contributed by atoms with Crippen molar-refractivity contribution < 1.29 is 18.7 Å². The van der Waals surface area contributed by atoms with Gasteiger partial charge in [-0.3, -0.25) is 9.59 Å². The smallest absolute Gasteiger partial charge is 0.261 e. The summed E-state index contributed by atoms with van der Waals surface area (Å²) in [6, 6.07) is 12.6. The van der Waals surface area contributed by atoms with Crippen molar-refractivity contribution in [3.8, 4) is 5.75 Å². The predicted octanol–water partition coefficient (Wildman–Crippen LogP) is 4.14. The summed E-state index contributed by atoms with van der Waals surface area (Å²) in [7, 11) is 0. The summed E-state index contributed by atoms with van der Waals surface area (Å²) in [6.07, 6.45) is 0.453. The zero-order valence-corrected chi connectivity index (χ0v) is 19.0. The van der Waals surface area contributed by atoms with Crippen LogP contribution in [0, 0.1) is 9.39 Å². The molecule has 2 rings (SSSR count). The summed E-state index contributed by atoms with van der Waals surface area (Å²) in [4.78, 5) is 27.2. The molecule has 0 saturated heterocycles. The molecule has 0 saturated carbocycles. The molecule has 2 aromatic carbocycles. The van der Waals surface area contributed by atoms with Crippen LogP contribution in [-0.4, -0.2) is 35.4 Å². The zero-order chi connectivity index (χ0) is 21.4. The van der Waals surface area contributed by atoms with Crippen molar-refractivity contribution in [2.24, 2.45) is 0 Å². The SMILES string of the molecule is CC[C@@H](C(=O)NC(C)C)N(Cc1ccc(F)cc1)C(=O)COc1ccc(I)cc1. The molecule has 0 radical (unpaired) electrons. The van der Waals surface area contributed by atoms with Crippen molar-refractivity contribution >= 4 is 34.4 Å². The summed E-state index contributed by atoms with van der Waals surface area (Å²) in [5.41, 5.74) is 0.741. The summed E-state index contributed by atoms with van der Waals surface area (Å²) < 4.78 is 19.9. The van der Waals surface area contributed by atoms with E-state index in [0.717, 1.165) is 9.13 Å². The average Bonchev–Trinajstić information content (AvgIpc) is 2.68. The Morgan fingerprint density at radius 2 is 1.72 bits per heavy atom. The Morgan fingerprint density at radius 1 is 1.10 bits per heavy atom. The molecule has 156 valence electrons. The Labute approximate surface area is 184 Å². The van der Waals surface area contributed by atoms with Gasteiger partial charge in [0.25, 0.3) is 5.91 Å². The number of nitrogens with zero attached hydrogens (tertiary/aromatic N) is 1. The Balaban J connectivity index is 2.18. The lowest BCUT2D eigenvalue weighted by Gasteiger charge is -2.31. The standard InChI is InChI=1S/C22H26FIN2O3/c1-4-20(22(28)25-15(2)3)26(13-16-5-7-17(23)8-6-16)21(27)14-29-19-11-9-18(24)10-12-19/h5-12,15,20H,4,13-14H2,1-3H3,(H,25,28)/t20-/m0/s1. The molecule has 0 heterocycles. The van der Waals surface area contributed by atoms with Gasteiger partial charge in [0.1, 0.15) is 17.6 Å². The molecule has 1 N–H and O–H groups in total. The highest BCUT2D eigenvalue weighted by atomic mass is 127. The van der Waals surface area contributed by atoms with Gasteiger partial charge in [0.15, 0.2) is 6.61 Å². The molecule has 29 heavy (non-hydrogen) atoms. The second-order valence-electron chi connectivity index (χ2n) is 6.98. The second kappa shape index (κ2) is 11.1. The highest BCUT2D eigenvalue weighted by Gasteiger charge is 2.29. The fraction of sp³-hybridized carbons (Fsp3) is 0.364. The van der Waals surface area contributed by atoms with Crippen LogP contribution in [0.2, 0.25) is 0 Å². The Kier molecular flexibility index (Phi) is 8.88. The third-order valence-corrected chi connectivity index (χ3v) is 4.98. The van der Waals surface area contributed by atoms with E-state index in [1.54, 1.807) is 24.3 Å². The summed E-state index contributed by atoms with van der Waals surface area (Å²) >= 11 is 2.19. The lowest BCUT2D eigenvalue weighted by atomic mass is 10.1. The molecule has 2 amide bonds. The maximum atomic E-state index is 13.3. The lowest BCUT2D eigenvalue weighted by Crippen LogP contribution is -2.51. The fourth-order valence-corrected chi connectivity index (χ4v) is 3.21. The number of halogens is 2. The van der Waals surface area contributed by atoms with Crippen molar-refractivity contribution in [2.45, 2.75) is 45.8 Å². The van der Waals surface area contributed by atoms with E-state index in [2.05, 4.69) is 27.9 Å². The first-order valence-electron chi connectivity index (χ1n) is 9.52. The second-order valence-corrected chi connectivity index (χ2v) is 8.22. The Bertz CT molecular complexity index is 810. The van der Waals surface area contributed by atoms with Crippen LogP contribution in [0.25, 0.3) is 0 Å². The van der Waals surface area contributed by atoms with Crippen molar-refractivity contribution in [1.29, 1.82) is 0 Å². The molecule has 0 aliphatic rings. The predicted molar refractivity (Wildman–Crippen MR) is 119 cm³/mol. The monoisotopic (exact) mass is 512 g/mol. The highest BCUT2D eigenvalue weighted by molar-refractivity contribution is 14.1. The summed E-state index contributed by atoms with van der Waals surface area (Å²) in [5.74, 6) is -0.288. The highest BCUT2D eigenvalue weighted by Crippen LogP contribution is 2.16. The van der Waals surface area contributed by atoms with E-state index in [1.807, 2.05) is 32.9 Å². The Hall–Kier alpha value is -2.16. The van der Waals surface area contributed by atoms with Crippen LogP contribution in [0.3, 0.4) is 0 Å². The van der Waals surface area contributed by atoms with Crippen LogP contribution in [0.5, 0.6) is 5.75 Å². The number of carbonyl (C=O) groups is 2. The van der Waals surface area contributed by atoms with Gasteiger partial charge in [0.2, 0.25) is 5.91 Å². The molecule has 2 aromatic rings. The van der Waals surface area contributed by atoms with Crippen molar-refractivity contribution in [2.75, 3.05) is 6.61 Å². The molecule has 0 unspecified atom stereocenters. The molecule has 5 nitrogen and oxygen atoms in total. The molecule has 0 fully saturated rings. The van der Waals surface area contributed by atoms with Gasteiger partial charge in [0, 0.05) is 16.2 Å². The van der Waals surface area contributed by atoms with Gasteiger partial charge in [-0.05, 0) is 84.8 Å². The topological polar surface area (TPSA) is 58.6 Å². The quantitative estimate of drug-likeness (QED) is 0.514. The summed E-state index contributed by atoms with van der Waals surface area (Å²) in [6.45, 7) is 5.61. The third kappa shape index (κ3) is 7.30. The van der Waals surface area contributed by atoms with Crippen LogP contribution in [0.4, 0.5) is 4.39 Å². The molecular formula is C22H26FIN2O3. The van der Waals surface area contributed by atoms with E-state index in [1.165, 1.54) is 17.0 Å². The molecular weight excluding hydrogens is 486 g/mol. The van der Waals surface area contributed by atoms with Gasteiger partial charge in [-0.2, -0.15) is 0 Å². The van der Waals surface area contributed by atoms with E-state index in [9.17, 15) is 14.0 Å². The fourth-order valence-electron chi connectivity index (χ4n) is 2.85. The molecule has 1 atom stereocenters. The van der Waals surface area contributed by atoms with Crippen LogP contribution in [-0.2, 0) is 16.1 Å². The first kappa shape index (κ1) is 23.1. The largest absolute Gasteiger partial charge is 0.484 e. The molecule has 0 aromatic heterocycles. The van der Waals surface area contributed by atoms with Gasteiger partial charge in [0.05, 0.1) is 0 Å². The molecule has 0 spiro atoms. The van der Waals surface area contributed by atoms with Crippen LogP contribution in [0.15, 0.2) is 48.5 Å². The van der Waals surface area contributed by atoms with Crippen LogP contribution >= 0.6 is 22.6 Å². The van der Waals surface area contributed by atoms with Gasteiger partial charge in [-0.1, -0.05) is 19.1 Å². The van der Waals surface area contributed by atoms with Gasteiger partial charge in [-0.25, -0.2) is 4.39 Å². The maximum Gasteiger partial charge on any atom is 0.261 e. The van der Waals surface area contributed by atoms with E-state index < -0.39 is 6.04 Å². The normalized spacial score (nSPS) is 11.8. The van der Waals surface area contributed by atoms with Gasteiger partial charge < -0.3 is 15.0 Å². The lowest BCUT2D eigenvalue weighted by molar-refractivity contribution is -0.143. The number of ether oxygens (including phenoxy) is 1. The minimum Gasteiger partial charge on any atom is -0.484 e. The van der Waals surface area contributed by atoms with Crippen molar-refractivity contribution in [3.05, 3.63) is 63.5 Å². The van der Waals surface area contributed by atoms with Gasteiger partial charge in [-0.15, -0.1) is 0 Å². The minimum absolute atomic E-state index is 0.0395. The van der Waals surface area contributed by atoms with Crippen LogP contribution in [0.1, 0.15) is 32.8 Å². The van der Waals surface area contributed by atoms with E-state index in [-0.39, 0.29) is 36.8 Å². The first-order chi connectivity index (χ1) is 13.8. The number of rotatable bonds is 9. The van der Waals surface area contributed by atoms with E-state index >= 15 is 0 Å². The number of amides is 2. The zero-order valence-electron chi connectivity index (χ0n) is 16.8. The molecule has 0 bridgehead atoms. The minimum atomic E-state index is -0.643. The van der Waals surface area contributed by atoms with Crippen molar-refractivity contribution in [1.82, 2.24) is 10.2 Å². The van der Waals surface area contributed by atoms with E-state index in [0.29, 0.717) is 12.2 Å². The number of hydrogen-bond acceptors (Lipinski definition) is 3. The first-order valence-corrected chi connectivity index (χ1v) is 10.6. The van der Waals surface area contributed by atoms with Crippen LogP contribution < -0.4 is 10.1 Å². The summed E-state index contributed by atoms with van der Waals surface area (Å²) in [5, 5.41) is 2.87. The van der Waals surface area contributed by atoms with Gasteiger partial charge >= 0.3 is 0 Å². The third-order valence-electron chi connectivity index (χ3n) is 4.26. The molecule has 0 aliphatic carbocycles. The maximum absolute atomic E-state index is 13.3. The van der Waals surface area contributed by atoms with Crippen molar-refractivity contribution in [3.63, 3.8) is 0 Å². The van der Waals surface area contributed by atoms with E-state index in [4.69, 9.17) is 4.74 Å². The number of hydrogen-bond donors (Lipinski definition) is 1.